The maximum absolute atomic E-state index is 6.37. The SMILES string of the molecule is CNC(Cc1ccc(C)cc1Cl)c1c(C)cccc1C. The Bertz CT molecular complexity index is 584. The number of likely N-dealkylation sites (N-methyl/N-ethyl adjacent to an activating group) is 1. The summed E-state index contributed by atoms with van der Waals surface area (Å²) >= 11 is 6.37. The second kappa shape index (κ2) is 6.43. The van der Waals surface area contributed by atoms with E-state index in [1.807, 2.05) is 13.1 Å². The molecule has 0 saturated carbocycles. The molecule has 0 aromatic heterocycles. The number of hydrogen-bond acceptors (Lipinski definition) is 1. The number of benzene rings is 2. The standard InChI is InChI=1S/C18H22ClN/c1-12-8-9-15(16(19)10-12)11-17(20-4)18-13(2)6-5-7-14(18)3/h5-10,17,20H,11H2,1-4H3. The van der Waals surface area contributed by atoms with Gasteiger partial charge in [0.25, 0.3) is 0 Å². The van der Waals surface area contributed by atoms with Crippen LogP contribution in [0.2, 0.25) is 5.02 Å². The van der Waals surface area contributed by atoms with E-state index in [4.69, 9.17) is 11.6 Å². The van der Waals surface area contributed by atoms with Gasteiger partial charge in [0.15, 0.2) is 0 Å². The van der Waals surface area contributed by atoms with Crippen molar-refractivity contribution in [3.05, 3.63) is 69.2 Å². The summed E-state index contributed by atoms with van der Waals surface area (Å²) in [5.41, 5.74) is 6.43. The third-order valence-electron chi connectivity index (χ3n) is 3.87. The van der Waals surface area contributed by atoms with E-state index < -0.39 is 0 Å². The highest BCUT2D eigenvalue weighted by molar-refractivity contribution is 6.31. The summed E-state index contributed by atoms with van der Waals surface area (Å²) in [6, 6.07) is 13.0. The molecule has 0 radical (unpaired) electrons. The fraction of sp³-hybridized carbons (Fsp3) is 0.333. The molecule has 0 heterocycles. The van der Waals surface area contributed by atoms with Crippen molar-refractivity contribution in [1.82, 2.24) is 5.32 Å². The molecule has 2 aromatic rings. The molecule has 2 heteroatoms. The van der Waals surface area contributed by atoms with Gasteiger partial charge in [0.2, 0.25) is 0 Å². The summed E-state index contributed by atoms with van der Waals surface area (Å²) in [4.78, 5) is 0. The molecule has 1 atom stereocenters. The summed E-state index contributed by atoms with van der Waals surface area (Å²) < 4.78 is 0. The summed E-state index contributed by atoms with van der Waals surface area (Å²) in [5.74, 6) is 0. The van der Waals surface area contributed by atoms with Gasteiger partial charge in [-0.1, -0.05) is 41.9 Å². The molecular formula is C18H22ClN. The Morgan fingerprint density at radius 3 is 2.25 bits per heavy atom. The zero-order chi connectivity index (χ0) is 14.7. The highest BCUT2D eigenvalue weighted by Gasteiger charge is 2.16. The van der Waals surface area contributed by atoms with E-state index in [-0.39, 0.29) is 6.04 Å². The summed E-state index contributed by atoms with van der Waals surface area (Å²) in [6.45, 7) is 6.41. The number of aryl methyl sites for hydroxylation is 3. The molecule has 1 unspecified atom stereocenters. The van der Waals surface area contributed by atoms with Crippen LogP contribution in [-0.4, -0.2) is 7.05 Å². The monoisotopic (exact) mass is 287 g/mol. The summed E-state index contributed by atoms with van der Waals surface area (Å²) in [6.07, 6.45) is 0.904. The Morgan fingerprint density at radius 2 is 1.70 bits per heavy atom. The lowest BCUT2D eigenvalue weighted by atomic mass is 9.91. The van der Waals surface area contributed by atoms with E-state index in [0.717, 1.165) is 11.4 Å². The van der Waals surface area contributed by atoms with Gasteiger partial charge in [0.05, 0.1) is 0 Å². The lowest BCUT2D eigenvalue weighted by Crippen LogP contribution is -2.21. The van der Waals surface area contributed by atoms with Crippen LogP contribution in [0.25, 0.3) is 0 Å². The van der Waals surface area contributed by atoms with Crippen molar-refractivity contribution in [2.24, 2.45) is 0 Å². The first kappa shape index (κ1) is 15.1. The van der Waals surface area contributed by atoms with Crippen LogP contribution in [0.15, 0.2) is 36.4 Å². The minimum atomic E-state index is 0.288. The zero-order valence-corrected chi connectivity index (χ0v) is 13.4. The van der Waals surface area contributed by atoms with Crippen molar-refractivity contribution >= 4 is 11.6 Å². The molecule has 0 spiro atoms. The van der Waals surface area contributed by atoms with E-state index >= 15 is 0 Å². The molecule has 0 saturated heterocycles. The fourth-order valence-corrected chi connectivity index (χ4v) is 3.08. The smallest absolute Gasteiger partial charge is 0.0441 e. The molecule has 0 bridgehead atoms. The maximum Gasteiger partial charge on any atom is 0.0441 e. The van der Waals surface area contributed by atoms with Gasteiger partial charge in [-0.05, 0) is 68.1 Å². The van der Waals surface area contributed by atoms with Crippen LogP contribution in [0.3, 0.4) is 0 Å². The number of halogens is 1. The third kappa shape index (κ3) is 3.23. The lowest BCUT2D eigenvalue weighted by Gasteiger charge is -2.22. The summed E-state index contributed by atoms with van der Waals surface area (Å²) in [7, 11) is 2.01. The molecule has 1 nitrogen and oxygen atoms in total. The van der Waals surface area contributed by atoms with Crippen LogP contribution in [-0.2, 0) is 6.42 Å². The predicted molar refractivity (Wildman–Crippen MR) is 87.6 cm³/mol. The first-order valence-electron chi connectivity index (χ1n) is 7.01. The van der Waals surface area contributed by atoms with Gasteiger partial charge in [-0.2, -0.15) is 0 Å². The van der Waals surface area contributed by atoms with Crippen LogP contribution in [0.4, 0.5) is 0 Å². The highest BCUT2D eigenvalue weighted by Crippen LogP contribution is 2.28. The topological polar surface area (TPSA) is 12.0 Å². The largest absolute Gasteiger partial charge is 0.313 e. The van der Waals surface area contributed by atoms with E-state index in [0.29, 0.717) is 0 Å². The molecule has 2 rings (SSSR count). The quantitative estimate of drug-likeness (QED) is 0.854. The molecule has 20 heavy (non-hydrogen) atoms. The number of nitrogens with one attached hydrogen (secondary N) is 1. The number of hydrogen-bond donors (Lipinski definition) is 1. The van der Waals surface area contributed by atoms with Crippen molar-refractivity contribution in [3.8, 4) is 0 Å². The first-order valence-corrected chi connectivity index (χ1v) is 7.39. The van der Waals surface area contributed by atoms with Crippen molar-refractivity contribution in [1.29, 1.82) is 0 Å². The molecule has 106 valence electrons. The lowest BCUT2D eigenvalue weighted by molar-refractivity contribution is 0.586. The van der Waals surface area contributed by atoms with Crippen molar-refractivity contribution in [2.45, 2.75) is 33.2 Å². The molecule has 2 aromatic carbocycles. The average molecular weight is 288 g/mol. The number of rotatable bonds is 4. The fourth-order valence-electron chi connectivity index (χ4n) is 2.76. The molecule has 1 N–H and O–H groups in total. The minimum absolute atomic E-state index is 0.288. The van der Waals surface area contributed by atoms with E-state index in [1.165, 1.54) is 27.8 Å². The van der Waals surface area contributed by atoms with Crippen LogP contribution in [0.5, 0.6) is 0 Å². The van der Waals surface area contributed by atoms with Crippen molar-refractivity contribution < 1.29 is 0 Å². The van der Waals surface area contributed by atoms with Gasteiger partial charge in [-0.15, -0.1) is 0 Å². The van der Waals surface area contributed by atoms with Crippen LogP contribution in [0.1, 0.15) is 33.9 Å². The van der Waals surface area contributed by atoms with Crippen LogP contribution in [0, 0.1) is 20.8 Å². The Kier molecular flexibility index (Phi) is 4.85. The Hall–Kier alpha value is -1.31. The van der Waals surface area contributed by atoms with Crippen molar-refractivity contribution in [2.75, 3.05) is 7.05 Å². The van der Waals surface area contributed by atoms with Crippen LogP contribution < -0.4 is 5.32 Å². The minimum Gasteiger partial charge on any atom is -0.313 e. The highest BCUT2D eigenvalue weighted by atomic mass is 35.5. The van der Waals surface area contributed by atoms with Gasteiger partial charge >= 0.3 is 0 Å². The molecule has 0 aliphatic rings. The van der Waals surface area contributed by atoms with Gasteiger partial charge < -0.3 is 5.32 Å². The second-order valence-corrected chi connectivity index (χ2v) is 5.85. The Balaban J connectivity index is 2.34. The van der Waals surface area contributed by atoms with Gasteiger partial charge in [-0.3, -0.25) is 0 Å². The normalized spacial score (nSPS) is 12.4. The predicted octanol–water partition coefficient (Wildman–Crippen LogP) is 4.77. The maximum atomic E-state index is 6.37. The van der Waals surface area contributed by atoms with Crippen molar-refractivity contribution in [3.63, 3.8) is 0 Å². The zero-order valence-electron chi connectivity index (χ0n) is 12.6. The molecule has 0 aliphatic heterocycles. The molecular weight excluding hydrogens is 266 g/mol. The summed E-state index contributed by atoms with van der Waals surface area (Å²) in [5, 5.41) is 4.29. The van der Waals surface area contributed by atoms with E-state index in [2.05, 4.69) is 56.4 Å². The average Bonchev–Trinajstić information content (AvgIpc) is 2.39. The van der Waals surface area contributed by atoms with E-state index in [1.54, 1.807) is 0 Å². The van der Waals surface area contributed by atoms with Gasteiger partial charge in [-0.25, -0.2) is 0 Å². The second-order valence-electron chi connectivity index (χ2n) is 5.45. The molecule has 0 amide bonds. The van der Waals surface area contributed by atoms with Gasteiger partial charge in [0.1, 0.15) is 0 Å². The Morgan fingerprint density at radius 1 is 1.05 bits per heavy atom. The molecule has 0 aliphatic carbocycles. The van der Waals surface area contributed by atoms with Gasteiger partial charge in [0, 0.05) is 11.1 Å². The third-order valence-corrected chi connectivity index (χ3v) is 4.22. The van der Waals surface area contributed by atoms with E-state index in [9.17, 15) is 0 Å². The Labute approximate surface area is 127 Å². The van der Waals surface area contributed by atoms with Crippen LogP contribution >= 0.6 is 11.6 Å². The first-order chi connectivity index (χ1) is 9.52. The molecule has 0 fully saturated rings.